The number of halogens is 1. The lowest BCUT2D eigenvalue weighted by Gasteiger charge is -2.32. The fourth-order valence-electron chi connectivity index (χ4n) is 12.0. The fraction of sp³-hybridized carbons (Fsp3) is 0.435. The van der Waals surface area contributed by atoms with Crippen LogP contribution in [-0.4, -0.2) is 127 Å². The summed E-state index contributed by atoms with van der Waals surface area (Å²) in [4.78, 5) is 71.3. The lowest BCUT2D eigenvalue weighted by atomic mass is 9.75. The molecule has 0 aliphatic carbocycles. The molecule has 3 aromatic carbocycles. The number of carbonyl (C=O) groups is 4. The summed E-state index contributed by atoms with van der Waals surface area (Å²) in [6, 6.07) is 30.5. The molecule has 0 saturated carbocycles. The summed E-state index contributed by atoms with van der Waals surface area (Å²) in [7, 11) is 1.87. The number of benzene rings is 3. The number of likely N-dealkylation sites (tertiary alicyclic amines) is 1. The number of aromatic nitrogens is 3. The topological polar surface area (TPSA) is 233 Å². The number of carbonyl (C=O) groups excluding carboxylic acids is 4. The van der Waals surface area contributed by atoms with E-state index in [1.807, 2.05) is 119 Å². The van der Waals surface area contributed by atoms with E-state index in [2.05, 4.69) is 100 Å². The average molecular weight is 1350 g/mol. The summed E-state index contributed by atoms with van der Waals surface area (Å²) in [6.07, 6.45) is 12.4. The predicted molar refractivity (Wildman–Crippen MR) is 370 cm³/mol. The maximum atomic E-state index is 12.3. The molecule has 10 heterocycles. The Balaban J connectivity index is 0.000000145. The van der Waals surface area contributed by atoms with Crippen molar-refractivity contribution < 1.29 is 41.6 Å². The molecule has 3 saturated heterocycles. The van der Waals surface area contributed by atoms with Crippen molar-refractivity contribution >= 4 is 110 Å². The lowest BCUT2D eigenvalue weighted by molar-refractivity contribution is -0.117. The van der Waals surface area contributed by atoms with Crippen molar-refractivity contribution in [1.29, 1.82) is 0 Å². The molecule has 3 aromatic heterocycles. The van der Waals surface area contributed by atoms with Gasteiger partial charge in [-0.1, -0.05) is 52.3 Å². The number of nitrogens with one attached hydrogen (secondary N) is 4. The Hall–Kier alpha value is -7.87. The number of rotatable bonds is 3. The van der Waals surface area contributed by atoms with Gasteiger partial charge < -0.3 is 59.8 Å². The Labute approximate surface area is 558 Å². The van der Waals surface area contributed by atoms with Gasteiger partial charge in [-0.05, 0) is 203 Å². The quantitative estimate of drug-likeness (QED) is 0.121. The number of piperidine rings is 2. The van der Waals surface area contributed by atoms with Gasteiger partial charge in [0, 0.05) is 73.6 Å². The molecule has 21 nitrogen and oxygen atoms in total. The highest BCUT2D eigenvalue weighted by atomic mass is 79.9. The van der Waals surface area contributed by atoms with E-state index in [4.69, 9.17) is 22.5 Å². The monoisotopic (exact) mass is 1350 g/mol. The van der Waals surface area contributed by atoms with Crippen molar-refractivity contribution in [3.8, 4) is 0 Å². The highest BCUT2D eigenvalue weighted by molar-refractivity contribution is 9.10. The van der Waals surface area contributed by atoms with E-state index in [9.17, 15) is 19.2 Å². The van der Waals surface area contributed by atoms with Crippen LogP contribution >= 0.6 is 15.9 Å². The second kappa shape index (κ2) is 30.5. The zero-order chi connectivity index (χ0) is 66.8. The van der Waals surface area contributed by atoms with Crippen LogP contribution in [0.3, 0.4) is 0 Å². The van der Waals surface area contributed by atoms with Gasteiger partial charge in [-0.3, -0.25) is 14.4 Å². The molecule has 13 rings (SSSR count). The van der Waals surface area contributed by atoms with Gasteiger partial charge in [0.1, 0.15) is 23.1 Å². The molecule has 24 heteroatoms. The van der Waals surface area contributed by atoms with E-state index in [0.29, 0.717) is 44.6 Å². The Morgan fingerprint density at radius 3 is 1.42 bits per heavy atom. The number of fused-ring (bicyclic) bond motifs is 6. The fourth-order valence-corrected chi connectivity index (χ4v) is 12.4. The number of nitrogens with zero attached hydrogens (tertiary/aromatic N) is 8. The van der Waals surface area contributed by atoms with Gasteiger partial charge in [0.2, 0.25) is 17.7 Å². The minimum absolute atomic E-state index is 0.0119. The Morgan fingerprint density at radius 2 is 1.02 bits per heavy atom. The third-order valence-electron chi connectivity index (χ3n) is 17.9. The molecule has 93 heavy (non-hydrogen) atoms. The molecule has 492 valence electrons. The van der Waals surface area contributed by atoms with Gasteiger partial charge in [-0.15, -0.1) is 0 Å². The van der Waals surface area contributed by atoms with Gasteiger partial charge in [-0.25, -0.2) is 19.7 Å². The van der Waals surface area contributed by atoms with Crippen LogP contribution < -0.4 is 36.0 Å². The van der Waals surface area contributed by atoms with Crippen LogP contribution in [0, 0.1) is 0 Å². The zero-order valence-corrected chi connectivity index (χ0v) is 57.5. The van der Waals surface area contributed by atoms with Crippen LogP contribution in [0.2, 0.25) is 0 Å². The first-order chi connectivity index (χ1) is 44.3. The molecule has 7 aliphatic heterocycles. The first kappa shape index (κ1) is 69.5. The molecule has 0 atom stereocenters. The highest BCUT2D eigenvalue weighted by Crippen LogP contribution is 2.43. The number of hydrogen-bond donors (Lipinski definition) is 4. The third kappa shape index (κ3) is 17.5. The molecular formula is C69H86BBrN12O9S. The van der Waals surface area contributed by atoms with Crippen molar-refractivity contribution in [3.05, 3.63) is 153 Å². The van der Waals surface area contributed by atoms with Crippen LogP contribution in [0.5, 0.6) is 0 Å². The molecule has 7 aliphatic rings. The summed E-state index contributed by atoms with van der Waals surface area (Å²) < 4.78 is 35.0. The van der Waals surface area contributed by atoms with Crippen LogP contribution in [0.25, 0.3) is 0 Å². The van der Waals surface area contributed by atoms with Crippen molar-refractivity contribution in [1.82, 2.24) is 30.1 Å². The van der Waals surface area contributed by atoms with Crippen molar-refractivity contribution in [2.75, 3.05) is 77.0 Å². The average Bonchev–Trinajstić information content (AvgIpc) is 1.68. The number of amides is 4. The van der Waals surface area contributed by atoms with E-state index in [-0.39, 0.29) is 42.1 Å². The summed E-state index contributed by atoms with van der Waals surface area (Å²) in [5.41, 5.74) is 11.3. The molecule has 0 bridgehead atoms. The van der Waals surface area contributed by atoms with E-state index >= 15 is 0 Å². The summed E-state index contributed by atoms with van der Waals surface area (Å²) in [5.74, 6) is 3.72. The van der Waals surface area contributed by atoms with Crippen LogP contribution in [0.1, 0.15) is 141 Å². The first-order valence-electron chi connectivity index (χ1n) is 31.7. The number of anilines is 9. The van der Waals surface area contributed by atoms with E-state index in [0.717, 1.165) is 124 Å². The third-order valence-corrected chi connectivity index (χ3v) is 18.4. The Kier molecular flexibility index (Phi) is 22.8. The van der Waals surface area contributed by atoms with Crippen LogP contribution in [0.15, 0.2) is 126 Å². The molecule has 3 fully saturated rings. The molecular weight excluding hydrogens is 1260 g/mol. The molecule has 0 radical (unpaired) electrons. The second-order valence-corrected chi connectivity index (χ2v) is 27.2. The van der Waals surface area contributed by atoms with E-state index in [1.165, 1.54) is 24.0 Å². The zero-order valence-electron chi connectivity index (χ0n) is 55.1. The van der Waals surface area contributed by atoms with Gasteiger partial charge in [-0.2, -0.15) is 8.42 Å². The molecule has 4 N–H and O–H groups in total. The first-order valence-corrected chi connectivity index (χ1v) is 33.2. The number of hydrogen-bond acceptors (Lipinski definition) is 17. The number of ether oxygens (including phenoxy) is 1. The van der Waals surface area contributed by atoms with Crippen molar-refractivity contribution in [2.24, 2.45) is 0 Å². The maximum absolute atomic E-state index is 12.3. The second-order valence-electron chi connectivity index (χ2n) is 26.2. The molecule has 4 amide bonds. The highest BCUT2D eigenvalue weighted by Gasteiger charge is 2.52. The smallest absolute Gasteiger partial charge is 0.444 e. The van der Waals surface area contributed by atoms with Gasteiger partial charge >= 0.3 is 24.8 Å². The number of pyridine rings is 3. The summed E-state index contributed by atoms with van der Waals surface area (Å²) in [5, 5.41) is 13.5. The van der Waals surface area contributed by atoms with E-state index in [1.54, 1.807) is 49.2 Å². The molecule has 0 unspecified atom stereocenters. The van der Waals surface area contributed by atoms with Gasteiger partial charge in [0.15, 0.2) is 0 Å². The van der Waals surface area contributed by atoms with Crippen LogP contribution in [-0.2, 0) is 59.6 Å². The standard InChI is InChI=1S/C20H24N4O.C19H22N4O.C16H28BNO4.C14H12BrN3O.O2S/c1-14(25)24-13-17-4-3-9-21-20(17)22-18-6-5-16(12-19(18)24)15-7-10-23(2)11-8-15;1-13(24)23-12-16-3-2-8-21-19(16)22-17-5-4-15(11-18(17)23)14-6-9-20-10-7-14;1-14(2,3)20-13(19)18-10-8-12(9-11-18)17-21-15(4,5)16(6,7)22-17;1-9(19)18-8-10-3-2-6-16-14(10)17-12-5-4-11(15)7-13(12)18;1-3-2/h3-6,9,12,15H,7-8,10-11,13H2,1-2H3,(H,21,22);2-5,8,11,14,20H,6-7,9-10,12H2,1H3,(H,21,22);8H,9-11H2,1-7H3;2-7H,8H2,1H3,(H,16,17);. The predicted octanol–water partition coefficient (Wildman–Crippen LogP) is 12.6. The minimum Gasteiger partial charge on any atom is -0.444 e. The summed E-state index contributed by atoms with van der Waals surface area (Å²) in [6.45, 7) is 25.8. The minimum atomic E-state index is -0.750. The van der Waals surface area contributed by atoms with Gasteiger partial charge in [0.05, 0.1) is 65.0 Å². The lowest BCUT2D eigenvalue weighted by Crippen LogP contribution is -2.41. The Morgan fingerprint density at radius 1 is 0.613 bits per heavy atom. The summed E-state index contributed by atoms with van der Waals surface area (Å²) >= 11 is 2.70. The van der Waals surface area contributed by atoms with Crippen molar-refractivity contribution in [2.45, 2.75) is 150 Å². The normalized spacial score (nSPS) is 17.9. The van der Waals surface area contributed by atoms with Gasteiger partial charge in [0.25, 0.3) is 0 Å². The van der Waals surface area contributed by atoms with Crippen LogP contribution in [0.4, 0.5) is 56.4 Å². The molecule has 6 aromatic rings. The van der Waals surface area contributed by atoms with E-state index < -0.39 is 17.2 Å². The maximum Gasteiger partial charge on any atom is 0.490 e. The SMILES string of the molecule is CC(=O)N1Cc2cccnc2Nc2ccc(Br)cc21.CC(=O)N1Cc2cccnc2Nc2ccc(C3CCN(C)CC3)cc21.CC(=O)N1Cc2cccnc2Nc2ccc(C3CCNCC3)cc21.CC(C)(C)OC(=O)N1CC=C(B2OC(C)(C)C(C)(C)O2)CC1.O=S=O. The molecule has 0 spiro atoms. The van der Waals surface area contributed by atoms with Crippen molar-refractivity contribution in [3.63, 3.8) is 0 Å². The Bertz CT molecular complexity index is 3740. The largest absolute Gasteiger partial charge is 0.490 e.